The fraction of sp³-hybridized carbons (Fsp3) is 0.278. The number of rotatable bonds is 4. The summed E-state index contributed by atoms with van der Waals surface area (Å²) in [5.41, 5.74) is -6.14. The zero-order chi connectivity index (χ0) is 23.0. The molecule has 1 saturated heterocycles. The first-order valence-corrected chi connectivity index (χ1v) is 10.3. The van der Waals surface area contributed by atoms with E-state index in [9.17, 15) is 41.6 Å². The van der Waals surface area contributed by atoms with Crippen LogP contribution in [0.4, 0.5) is 24.5 Å². The second-order valence-electron chi connectivity index (χ2n) is 6.69. The zero-order valence-corrected chi connectivity index (χ0v) is 16.6. The largest absolute Gasteiger partial charge is 0.508 e. The molecule has 1 N–H and O–H groups in total. The molecule has 1 heterocycles. The number of sulfone groups is 1. The smallest absolute Gasteiger partial charge is 0.501 e. The van der Waals surface area contributed by atoms with Gasteiger partial charge in [-0.15, -0.1) is 0 Å². The number of benzene rings is 2. The van der Waals surface area contributed by atoms with Crippen LogP contribution in [0.3, 0.4) is 0 Å². The number of carbonyl (C=O) groups is 1. The Morgan fingerprint density at radius 1 is 1.06 bits per heavy atom. The number of halogens is 3. The molecule has 13 heteroatoms. The summed E-state index contributed by atoms with van der Waals surface area (Å²) < 4.78 is 61.4. The predicted octanol–water partition coefficient (Wildman–Crippen LogP) is 2.56. The van der Waals surface area contributed by atoms with E-state index in [0.29, 0.717) is 12.1 Å². The molecule has 1 fully saturated rings. The van der Waals surface area contributed by atoms with Crippen molar-refractivity contribution in [1.82, 2.24) is 4.90 Å². The van der Waals surface area contributed by atoms with Crippen LogP contribution in [0.2, 0.25) is 0 Å². The van der Waals surface area contributed by atoms with Crippen LogP contribution in [0.1, 0.15) is 10.4 Å². The lowest BCUT2D eigenvalue weighted by Crippen LogP contribution is -2.49. The van der Waals surface area contributed by atoms with E-state index < -0.39 is 30.9 Å². The molecule has 0 unspecified atom stereocenters. The first kappa shape index (κ1) is 22.3. The fourth-order valence-corrected chi connectivity index (χ4v) is 3.97. The summed E-state index contributed by atoms with van der Waals surface area (Å²) in [4.78, 5) is 24.7. The molecule has 0 aliphatic carbocycles. The van der Waals surface area contributed by atoms with Crippen LogP contribution in [0.15, 0.2) is 47.4 Å². The summed E-state index contributed by atoms with van der Waals surface area (Å²) in [6, 6.07) is 7.79. The number of phenols is 1. The average Bonchev–Trinajstić information content (AvgIpc) is 2.72. The number of hydrogen-bond donors (Lipinski definition) is 1. The number of phenolic OH excluding ortho intramolecular Hbond substituents is 1. The molecular formula is C18H16F3N3O6S. The van der Waals surface area contributed by atoms with E-state index in [0.717, 1.165) is 6.07 Å². The summed E-state index contributed by atoms with van der Waals surface area (Å²) in [7, 11) is -5.73. The number of carbonyl (C=O) groups excluding carboxylic acids is 1. The van der Waals surface area contributed by atoms with Gasteiger partial charge in [0.25, 0.3) is 21.4 Å². The van der Waals surface area contributed by atoms with Gasteiger partial charge in [-0.2, -0.15) is 13.2 Å². The Labute approximate surface area is 174 Å². The SMILES string of the molecule is O=C(c1cccc(O)c1)N1CCN(c2ccc(S(=O)(=O)C(F)(F)F)cc2[N+](=O)[O-])CC1. The standard InChI is InChI=1S/C18H16F3N3O6S/c19-18(20,21)31(29,30)14-4-5-15(16(11-14)24(27)28)22-6-8-23(9-7-22)17(26)12-2-1-3-13(25)10-12/h1-5,10-11,25H,6-9H2. The Balaban J connectivity index is 1.81. The van der Waals surface area contributed by atoms with Gasteiger partial charge in [-0.3, -0.25) is 14.9 Å². The third-order valence-electron chi connectivity index (χ3n) is 4.76. The Kier molecular flexibility index (Phi) is 5.81. The third-order valence-corrected chi connectivity index (χ3v) is 6.24. The van der Waals surface area contributed by atoms with E-state index in [4.69, 9.17) is 0 Å². The quantitative estimate of drug-likeness (QED) is 0.551. The number of anilines is 1. The van der Waals surface area contributed by atoms with Gasteiger partial charge in [0.1, 0.15) is 11.4 Å². The van der Waals surface area contributed by atoms with Crippen LogP contribution in [-0.2, 0) is 9.84 Å². The highest BCUT2D eigenvalue weighted by Crippen LogP contribution is 2.36. The number of amides is 1. The number of piperazine rings is 1. The molecule has 9 nitrogen and oxygen atoms in total. The monoisotopic (exact) mass is 459 g/mol. The normalized spacial score (nSPS) is 15.1. The molecule has 166 valence electrons. The Hall–Kier alpha value is -3.35. The number of aromatic hydroxyl groups is 1. The minimum Gasteiger partial charge on any atom is -0.508 e. The number of alkyl halides is 3. The predicted molar refractivity (Wildman–Crippen MR) is 103 cm³/mol. The number of nitro benzene ring substituents is 1. The first-order chi connectivity index (χ1) is 14.4. The van der Waals surface area contributed by atoms with Crippen LogP contribution in [0.5, 0.6) is 5.75 Å². The molecule has 2 aromatic carbocycles. The molecule has 1 aliphatic rings. The lowest BCUT2D eigenvalue weighted by Gasteiger charge is -2.36. The topological polar surface area (TPSA) is 121 Å². The van der Waals surface area contributed by atoms with Crippen molar-refractivity contribution in [2.75, 3.05) is 31.1 Å². The Morgan fingerprint density at radius 3 is 2.26 bits per heavy atom. The minimum absolute atomic E-state index is 0.0458. The second kappa shape index (κ2) is 8.06. The van der Waals surface area contributed by atoms with Gasteiger partial charge in [-0.05, 0) is 30.3 Å². The van der Waals surface area contributed by atoms with E-state index in [2.05, 4.69) is 0 Å². The van der Waals surface area contributed by atoms with E-state index in [1.54, 1.807) is 0 Å². The van der Waals surface area contributed by atoms with Crippen molar-refractivity contribution < 1.29 is 36.4 Å². The number of nitro groups is 1. The highest BCUT2D eigenvalue weighted by atomic mass is 32.2. The molecule has 0 bridgehead atoms. The van der Waals surface area contributed by atoms with Crippen molar-refractivity contribution in [2.24, 2.45) is 0 Å². The van der Waals surface area contributed by atoms with Crippen molar-refractivity contribution in [3.63, 3.8) is 0 Å². The average molecular weight is 459 g/mol. The molecule has 31 heavy (non-hydrogen) atoms. The minimum atomic E-state index is -5.73. The highest BCUT2D eigenvalue weighted by Gasteiger charge is 2.47. The van der Waals surface area contributed by atoms with Crippen LogP contribution >= 0.6 is 0 Å². The van der Waals surface area contributed by atoms with Crippen molar-refractivity contribution in [2.45, 2.75) is 10.4 Å². The van der Waals surface area contributed by atoms with Gasteiger partial charge < -0.3 is 14.9 Å². The number of nitrogens with zero attached hydrogens (tertiary/aromatic N) is 3. The molecule has 1 amide bonds. The second-order valence-corrected chi connectivity index (χ2v) is 8.63. The molecule has 0 aromatic heterocycles. The zero-order valence-electron chi connectivity index (χ0n) is 15.7. The van der Waals surface area contributed by atoms with Crippen molar-refractivity contribution in [1.29, 1.82) is 0 Å². The molecule has 3 rings (SSSR count). The molecule has 0 atom stereocenters. The summed E-state index contributed by atoms with van der Waals surface area (Å²) in [6.07, 6.45) is 0. The van der Waals surface area contributed by atoms with E-state index in [1.807, 2.05) is 0 Å². The van der Waals surface area contributed by atoms with Crippen molar-refractivity contribution in [3.05, 3.63) is 58.1 Å². The maximum absolute atomic E-state index is 12.8. The lowest BCUT2D eigenvalue weighted by atomic mass is 10.1. The fourth-order valence-electron chi connectivity index (χ4n) is 3.19. The van der Waals surface area contributed by atoms with Gasteiger partial charge in [-0.25, -0.2) is 8.42 Å². The van der Waals surface area contributed by atoms with Crippen LogP contribution in [0.25, 0.3) is 0 Å². The molecule has 0 radical (unpaired) electrons. The van der Waals surface area contributed by atoms with E-state index in [-0.39, 0.29) is 49.1 Å². The van der Waals surface area contributed by atoms with Gasteiger partial charge in [0.05, 0.1) is 9.82 Å². The van der Waals surface area contributed by atoms with Crippen molar-refractivity contribution >= 4 is 27.1 Å². The highest BCUT2D eigenvalue weighted by molar-refractivity contribution is 7.92. The molecule has 0 saturated carbocycles. The molecule has 1 aliphatic heterocycles. The summed E-state index contributed by atoms with van der Waals surface area (Å²) in [5, 5.41) is 20.9. The van der Waals surface area contributed by atoms with Gasteiger partial charge in [0.2, 0.25) is 0 Å². The van der Waals surface area contributed by atoms with Crippen LogP contribution in [-0.4, -0.2) is 60.9 Å². The first-order valence-electron chi connectivity index (χ1n) is 8.85. The Morgan fingerprint density at radius 2 is 1.71 bits per heavy atom. The summed E-state index contributed by atoms with van der Waals surface area (Å²) in [5.74, 6) is -0.425. The maximum Gasteiger partial charge on any atom is 0.501 e. The lowest BCUT2D eigenvalue weighted by molar-refractivity contribution is -0.384. The van der Waals surface area contributed by atoms with Crippen molar-refractivity contribution in [3.8, 4) is 5.75 Å². The van der Waals surface area contributed by atoms with E-state index in [1.165, 1.54) is 34.1 Å². The molecule has 0 spiro atoms. The van der Waals surface area contributed by atoms with Crippen LogP contribution in [0, 0.1) is 10.1 Å². The maximum atomic E-state index is 12.8. The summed E-state index contributed by atoms with van der Waals surface area (Å²) in [6.45, 7) is 0.593. The van der Waals surface area contributed by atoms with E-state index >= 15 is 0 Å². The van der Waals surface area contributed by atoms with Gasteiger partial charge in [0, 0.05) is 37.8 Å². The van der Waals surface area contributed by atoms with Gasteiger partial charge in [0.15, 0.2) is 0 Å². The van der Waals surface area contributed by atoms with Gasteiger partial charge in [-0.1, -0.05) is 6.07 Å². The third kappa shape index (κ3) is 4.40. The molecule has 2 aromatic rings. The summed E-state index contributed by atoms with van der Waals surface area (Å²) >= 11 is 0. The van der Waals surface area contributed by atoms with Gasteiger partial charge >= 0.3 is 5.51 Å². The van der Waals surface area contributed by atoms with Crippen LogP contribution < -0.4 is 4.90 Å². The number of hydrogen-bond acceptors (Lipinski definition) is 7. The Bertz CT molecular complexity index is 1130. The molecular weight excluding hydrogens is 443 g/mol.